The number of rotatable bonds is 6. The van der Waals surface area contributed by atoms with Gasteiger partial charge in [0.25, 0.3) is 5.56 Å². The lowest BCUT2D eigenvalue weighted by molar-refractivity contribution is 0.144. The van der Waals surface area contributed by atoms with Gasteiger partial charge >= 0.3 is 6.16 Å². The van der Waals surface area contributed by atoms with Crippen LogP contribution in [0.4, 0.5) is 16.2 Å². The molecule has 9 heteroatoms. The summed E-state index contributed by atoms with van der Waals surface area (Å²) in [6.07, 6.45) is 0.499. The molecule has 1 fully saturated rings. The number of phenolic OH excluding ortho intramolecular Hbond substituents is 1. The molecule has 1 saturated carbocycles. The average molecular weight is 485 g/mol. The van der Waals surface area contributed by atoms with Crippen LogP contribution in [0, 0.1) is 13.8 Å². The molecule has 4 aromatic rings. The number of aryl methyl sites for hydroxylation is 2. The number of benzene rings is 3. The molecule has 9 nitrogen and oxygen atoms in total. The van der Waals surface area contributed by atoms with E-state index in [1.807, 2.05) is 32.0 Å². The molecule has 1 aromatic heterocycles. The second-order valence-corrected chi connectivity index (χ2v) is 8.83. The summed E-state index contributed by atoms with van der Waals surface area (Å²) in [5, 5.41) is 31.5. The van der Waals surface area contributed by atoms with Crippen molar-refractivity contribution in [2.75, 3.05) is 0 Å². The molecule has 36 heavy (non-hydrogen) atoms. The van der Waals surface area contributed by atoms with Gasteiger partial charge in [-0.2, -0.15) is 0 Å². The van der Waals surface area contributed by atoms with Gasteiger partial charge in [0.2, 0.25) is 0 Å². The van der Waals surface area contributed by atoms with Gasteiger partial charge in [-0.1, -0.05) is 30.3 Å². The number of aromatic amines is 1. The van der Waals surface area contributed by atoms with Crippen molar-refractivity contribution in [1.29, 1.82) is 0 Å². The van der Waals surface area contributed by atoms with Crippen LogP contribution in [0.2, 0.25) is 0 Å². The fourth-order valence-electron chi connectivity index (χ4n) is 4.02. The van der Waals surface area contributed by atoms with Gasteiger partial charge in [0, 0.05) is 11.5 Å². The van der Waals surface area contributed by atoms with Gasteiger partial charge in [-0.25, -0.2) is 9.48 Å². The van der Waals surface area contributed by atoms with E-state index < -0.39 is 6.16 Å². The first-order valence-electron chi connectivity index (χ1n) is 11.5. The topological polar surface area (TPSA) is 129 Å². The standard InChI is InChI=1S/C27H24N4O5/c1-15-9-12-19(13-16(15)2)31-26(33)24(23(30-31)17-10-11-17)29-28-22-8-4-7-21(25(22)32)18-5-3-6-20(14-18)36-27(34)35/h3-9,12-14,17,30,32H,10-11H2,1-2H3,(H,34,35). The molecule has 0 saturated heterocycles. The molecule has 0 unspecified atom stereocenters. The molecule has 0 amide bonds. The first kappa shape index (κ1) is 23.1. The Kier molecular flexibility index (Phi) is 5.89. The van der Waals surface area contributed by atoms with Crippen LogP contribution in [0.1, 0.15) is 35.6 Å². The number of aromatic nitrogens is 2. The number of hydrogen-bond donors (Lipinski definition) is 3. The number of aromatic hydroxyl groups is 1. The lowest BCUT2D eigenvalue weighted by Crippen LogP contribution is -2.14. The van der Waals surface area contributed by atoms with Gasteiger partial charge in [0.15, 0.2) is 11.4 Å². The number of azo groups is 1. The largest absolute Gasteiger partial charge is 0.511 e. The molecule has 1 heterocycles. The van der Waals surface area contributed by atoms with Crippen LogP contribution in [-0.2, 0) is 0 Å². The van der Waals surface area contributed by atoms with Crippen molar-refractivity contribution in [3.63, 3.8) is 0 Å². The summed E-state index contributed by atoms with van der Waals surface area (Å²) in [6, 6.07) is 17.1. The lowest BCUT2D eigenvalue weighted by Gasteiger charge is -2.08. The predicted octanol–water partition coefficient (Wildman–Crippen LogP) is 6.50. The molecule has 0 bridgehead atoms. The highest BCUT2D eigenvalue weighted by Gasteiger charge is 2.31. The van der Waals surface area contributed by atoms with E-state index in [0.717, 1.165) is 35.3 Å². The number of nitrogens with zero attached hydrogens (tertiary/aromatic N) is 3. The van der Waals surface area contributed by atoms with E-state index in [0.29, 0.717) is 11.1 Å². The highest BCUT2D eigenvalue weighted by atomic mass is 16.7. The fraction of sp³-hybridized carbons (Fsp3) is 0.185. The van der Waals surface area contributed by atoms with Gasteiger partial charge in [0.1, 0.15) is 11.4 Å². The Morgan fingerprint density at radius 1 is 1.03 bits per heavy atom. The minimum Gasteiger partial charge on any atom is -0.505 e. The normalized spacial score (nSPS) is 13.3. The van der Waals surface area contributed by atoms with Crippen molar-refractivity contribution in [3.05, 3.63) is 87.8 Å². The maximum atomic E-state index is 13.3. The zero-order chi connectivity index (χ0) is 25.4. The Balaban J connectivity index is 1.52. The van der Waals surface area contributed by atoms with E-state index in [1.54, 1.807) is 30.3 Å². The van der Waals surface area contributed by atoms with Crippen molar-refractivity contribution < 1.29 is 19.7 Å². The Labute approximate surface area is 206 Å². The molecule has 0 atom stereocenters. The SMILES string of the molecule is Cc1ccc(-n2[nH]c(C3CC3)c(N=Nc3cccc(-c4cccc(OC(=O)O)c4)c3O)c2=O)cc1C. The van der Waals surface area contributed by atoms with Crippen LogP contribution >= 0.6 is 0 Å². The fourth-order valence-corrected chi connectivity index (χ4v) is 4.02. The molecule has 182 valence electrons. The monoisotopic (exact) mass is 484 g/mol. The summed E-state index contributed by atoms with van der Waals surface area (Å²) in [5.74, 6) is 0.197. The third kappa shape index (κ3) is 4.50. The highest BCUT2D eigenvalue weighted by molar-refractivity contribution is 5.77. The quantitative estimate of drug-likeness (QED) is 0.163. The summed E-state index contributed by atoms with van der Waals surface area (Å²) in [7, 11) is 0. The van der Waals surface area contributed by atoms with E-state index >= 15 is 0 Å². The molecule has 1 aliphatic rings. The maximum absolute atomic E-state index is 13.3. The zero-order valence-electron chi connectivity index (χ0n) is 19.7. The second kappa shape index (κ2) is 9.18. The predicted molar refractivity (Wildman–Crippen MR) is 134 cm³/mol. The van der Waals surface area contributed by atoms with E-state index in [4.69, 9.17) is 9.84 Å². The van der Waals surface area contributed by atoms with E-state index in [1.165, 1.54) is 16.8 Å². The molecular weight excluding hydrogens is 460 g/mol. The van der Waals surface area contributed by atoms with Crippen LogP contribution in [0.15, 0.2) is 75.7 Å². The van der Waals surface area contributed by atoms with Gasteiger partial charge in [0.05, 0.1) is 11.4 Å². The van der Waals surface area contributed by atoms with Crippen molar-refractivity contribution in [2.45, 2.75) is 32.6 Å². The maximum Gasteiger partial charge on any atom is 0.511 e. The summed E-state index contributed by atoms with van der Waals surface area (Å²) in [4.78, 5) is 24.2. The van der Waals surface area contributed by atoms with Gasteiger partial charge < -0.3 is 14.9 Å². The van der Waals surface area contributed by atoms with E-state index in [-0.39, 0.29) is 34.4 Å². The van der Waals surface area contributed by atoms with Crippen LogP contribution in [0.5, 0.6) is 11.5 Å². The summed E-state index contributed by atoms with van der Waals surface area (Å²) in [6.45, 7) is 4.01. The molecule has 3 aromatic carbocycles. The minimum atomic E-state index is -1.43. The number of para-hydroxylation sites is 1. The number of hydrogen-bond acceptors (Lipinski definition) is 6. The number of H-pyrrole nitrogens is 1. The third-order valence-electron chi connectivity index (χ3n) is 6.25. The molecule has 0 aliphatic heterocycles. The van der Waals surface area contributed by atoms with Crippen LogP contribution < -0.4 is 10.3 Å². The summed E-state index contributed by atoms with van der Waals surface area (Å²) in [5.41, 5.74) is 4.72. The lowest BCUT2D eigenvalue weighted by atomic mass is 10.0. The second-order valence-electron chi connectivity index (χ2n) is 8.83. The number of carbonyl (C=O) groups is 1. The molecule has 3 N–H and O–H groups in total. The number of phenols is 1. The van der Waals surface area contributed by atoms with Crippen molar-refractivity contribution in [1.82, 2.24) is 9.78 Å². The third-order valence-corrected chi connectivity index (χ3v) is 6.25. The molecule has 0 radical (unpaired) electrons. The Hall–Kier alpha value is -4.66. The summed E-state index contributed by atoms with van der Waals surface area (Å²) >= 11 is 0. The molecule has 0 spiro atoms. The Morgan fingerprint density at radius 2 is 1.81 bits per heavy atom. The van der Waals surface area contributed by atoms with Crippen LogP contribution in [0.25, 0.3) is 16.8 Å². The Bertz CT molecular complexity index is 1560. The smallest absolute Gasteiger partial charge is 0.505 e. The van der Waals surface area contributed by atoms with E-state index in [2.05, 4.69) is 15.3 Å². The van der Waals surface area contributed by atoms with E-state index in [9.17, 15) is 14.7 Å². The van der Waals surface area contributed by atoms with Gasteiger partial charge in [-0.3, -0.25) is 9.89 Å². The van der Waals surface area contributed by atoms with Crippen molar-refractivity contribution in [3.8, 4) is 28.3 Å². The van der Waals surface area contributed by atoms with Crippen LogP contribution in [0.3, 0.4) is 0 Å². The number of nitrogens with one attached hydrogen (secondary N) is 1. The van der Waals surface area contributed by atoms with Crippen LogP contribution in [-0.4, -0.2) is 26.1 Å². The van der Waals surface area contributed by atoms with Gasteiger partial charge in [-0.05, 0) is 73.7 Å². The molecule has 5 rings (SSSR count). The summed E-state index contributed by atoms with van der Waals surface area (Å²) < 4.78 is 6.20. The minimum absolute atomic E-state index is 0.125. The molecule has 1 aliphatic carbocycles. The zero-order valence-corrected chi connectivity index (χ0v) is 19.7. The highest BCUT2D eigenvalue weighted by Crippen LogP contribution is 2.43. The number of carboxylic acid groups (broad SMARTS) is 1. The Morgan fingerprint density at radius 3 is 2.53 bits per heavy atom. The van der Waals surface area contributed by atoms with Gasteiger partial charge in [-0.15, -0.1) is 10.2 Å². The first-order chi connectivity index (χ1) is 17.3. The average Bonchev–Trinajstić information content (AvgIpc) is 3.64. The van der Waals surface area contributed by atoms with Crippen molar-refractivity contribution in [2.24, 2.45) is 10.2 Å². The van der Waals surface area contributed by atoms with Crippen molar-refractivity contribution >= 4 is 17.5 Å². The first-order valence-corrected chi connectivity index (χ1v) is 11.5. The number of ether oxygens (including phenoxy) is 1. The molecular formula is C27H24N4O5.